The second kappa shape index (κ2) is 7.99. The fourth-order valence-electron chi connectivity index (χ4n) is 3.13. The molecule has 2 amide bonds. The number of ether oxygens (including phenoxy) is 1. The Labute approximate surface area is 151 Å². The predicted molar refractivity (Wildman–Crippen MR) is 96.7 cm³/mol. The lowest BCUT2D eigenvalue weighted by atomic mass is 9.95. The zero-order valence-electron chi connectivity index (χ0n) is 14.6. The van der Waals surface area contributed by atoms with Crippen molar-refractivity contribution >= 4 is 17.5 Å². The van der Waals surface area contributed by atoms with Gasteiger partial charge in [-0.3, -0.25) is 9.59 Å². The summed E-state index contributed by atoms with van der Waals surface area (Å²) in [5, 5.41) is 2.90. The largest absolute Gasteiger partial charge is 0.495 e. The van der Waals surface area contributed by atoms with Crippen molar-refractivity contribution in [1.29, 1.82) is 0 Å². The van der Waals surface area contributed by atoms with Gasteiger partial charge in [0.2, 0.25) is 5.91 Å². The third kappa shape index (κ3) is 4.02. The monoisotopic (exact) mass is 356 g/mol. The first-order valence-corrected chi connectivity index (χ1v) is 8.57. The number of hydrogen-bond donors (Lipinski definition) is 1. The highest BCUT2D eigenvalue weighted by Gasteiger charge is 2.28. The topological polar surface area (TPSA) is 58.6 Å². The van der Waals surface area contributed by atoms with E-state index in [4.69, 9.17) is 4.74 Å². The highest BCUT2D eigenvalue weighted by Crippen LogP contribution is 2.26. The van der Waals surface area contributed by atoms with Crippen LogP contribution < -0.4 is 10.1 Å². The molecule has 1 fully saturated rings. The first-order chi connectivity index (χ1) is 12.6. The fourth-order valence-corrected chi connectivity index (χ4v) is 3.13. The quantitative estimate of drug-likeness (QED) is 0.914. The van der Waals surface area contributed by atoms with Gasteiger partial charge in [-0.05, 0) is 43.2 Å². The number of benzene rings is 2. The molecule has 2 aromatic rings. The van der Waals surface area contributed by atoms with E-state index >= 15 is 0 Å². The van der Waals surface area contributed by atoms with Crippen LogP contribution in [-0.2, 0) is 4.79 Å². The number of anilines is 1. The molecule has 0 radical (unpaired) electrons. The number of carbonyl (C=O) groups excluding carboxylic acids is 2. The molecular weight excluding hydrogens is 335 g/mol. The Hall–Kier alpha value is -2.89. The Morgan fingerprint density at radius 3 is 2.54 bits per heavy atom. The van der Waals surface area contributed by atoms with Gasteiger partial charge in [-0.15, -0.1) is 0 Å². The first-order valence-electron chi connectivity index (χ1n) is 8.57. The summed E-state index contributed by atoms with van der Waals surface area (Å²) in [6.07, 6.45) is 1.14. The van der Waals surface area contributed by atoms with E-state index in [0.29, 0.717) is 42.9 Å². The summed E-state index contributed by atoms with van der Waals surface area (Å²) in [7, 11) is 1.56. The molecule has 136 valence electrons. The number of nitrogens with one attached hydrogen (secondary N) is 1. The Bertz CT molecular complexity index is 801. The second-order valence-corrected chi connectivity index (χ2v) is 6.27. The number of carbonyl (C=O) groups is 2. The molecule has 3 rings (SSSR count). The summed E-state index contributed by atoms with van der Waals surface area (Å²) >= 11 is 0. The Morgan fingerprint density at radius 2 is 1.85 bits per heavy atom. The molecule has 2 aromatic carbocycles. The van der Waals surface area contributed by atoms with Crippen LogP contribution in [0.15, 0.2) is 48.5 Å². The minimum Gasteiger partial charge on any atom is -0.495 e. The Morgan fingerprint density at radius 1 is 1.12 bits per heavy atom. The summed E-state index contributed by atoms with van der Waals surface area (Å²) < 4.78 is 18.5. The van der Waals surface area contributed by atoms with Gasteiger partial charge in [0.05, 0.1) is 12.8 Å². The highest BCUT2D eigenvalue weighted by atomic mass is 19.1. The number of para-hydroxylation sites is 2. The van der Waals surface area contributed by atoms with E-state index in [2.05, 4.69) is 5.32 Å². The molecule has 1 aliphatic rings. The van der Waals surface area contributed by atoms with Gasteiger partial charge in [0.15, 0.2) is 0 Å². The molecule has 1 aliphatic heterocycles. The molecule has 0 spiro atoms. The minimum atomic E-state index is -0.429. The SMILES string of the molecule is COc1ccccc1NC(=O)C1CCN(C(=O)c2cccc(F)c2)CC1. The van der Waals surface area contributed by atoms with E-state index in [9.17, 15) is 14.0 Å². The fraction of sp³-hybridized carbons (Fsp3) is 0.300. The van der Waals surface area contributed by atoms with Crippen LogP contribution in [0.25, 0.3) is 0 Å². The van der Waals surface area contributed by atoms with Gasteiger partial charge in [-0.2, -0.15) is 0 Å². The van der Waals surface area contributed by atoms with Crippen LogP contribution in [0.5, 0.6) is 5.75 Å². The van der Waals surface area contributed by atoms with Crippen LogP contribution in [0, 0.1) is 11.7 Å². The number of likely N-dealkylation sites (tertiary alicyclic amines) is 1. The molecule has 0 saturated carbocycles. The van der Waals surface area contributed by atoms with Crippen LogP contribution in [0.2, 0.25) is 0 Å². The highest BCUT2D eigenvalue weighted by molar-refractivity contribution is 5.96. The van der Waals surface area contributed by atoms with E-state index in [1.165, 1.54) is 18.2 Å². The van der Waals surface area contributed by atoms with Gasteiger partial charge in [0.25, 0.3) is 5.91 Å². The molecule has 0 bridgehead atoms. The number of methoxy groups -OCH3 is 1. The van der Waals surface area contributed by atoms with Crippen LogP contribution >= 0.6 is 0 Å². The van der Waals surface area contributed by atoms with Crippen LogP contribution in [0.3, 0.4) is 0 Å². The first kappa shape index (κ1) is 17.9. The Balaban J connectivity index is 1.58. The summed E-state index contributed by atoms with van der Waals surface area (Å²) in [5.74, 6) is -0.265. The number of amides is 2. The average Bonchev–Trinajstić information content (AvgIpc) is 2.68. The third-order valence-corrected chi connectivity index (χ3v) is 4.59. The van der Waals surface area contributed by atoms with Crippen molar-refractivity contribution in [3.05, 3.63) is 59.9 Å². The van der Waals surface area contributed by atoms with Crippen molar-refractivity contribution in [2.24, 2.45) is 5.92 Å². The van der Waals surface area contributed by atoms with Gasteiger partial charge < -0.3 is 15.0 Å². The predicted octanol–water partition coefficient (Wildman–Crippen LogP) is 3.33. The van der Waals surface area contributed by atoms with Crippen molar-refractivity contribution in [3.8, 4) is 5.75 Å². The van der Waals surface area contributed by atoms with Crippen LogP contribution in [0.4, 0.5) is 10.1 Å². The summed E-state index contributed by atoms with van der Waals surface area (Å²) in [5.41, 5.74) is 0.972. The van der Waals surface area contributed by atoms with Gasteiger partial charge in [-0.25, -0.2) is 4.39 Å². The van der Waals surface area contributed by atoms with Crippen molar-refractivity contribution in [2.45, 2.75) is 12.8 Å². The number of rotatable bonds is 4. The van der Waals surface area contributed by atoms with Crippen molar-refractivity contribution < 1.29 is 18.7 Å². The van der Waals surface area contributed by atoms with Crippen molar-refractivity contribution in [2.75, 3.05) is 25.5 Å². The molecular formula is C20H21FN2O3. The van der Waals surface area contributed by atoms with Crippen molar-refractivity contribution in [1.82, 2.24) is 4.90 Å². The standard InChI is InChI=1S/C20H21FN2O3/c1-26-18-8-3-2-7-17(18)22-19(24)14-9-11-23(12-10-14)20(25)15-5-4-6-16(21)13-15/h2-8,13-14H,9-12H2,1H3,(H,22,24). The lowest BCUT2D eigenvalue weighted by molar-refractivity contribution is -0.121. The van der Waals surface area contributed by atoms with Gasteiger partial charge in [-0.1, -0.05) is 18.2 Å². The summed E-state index contributed by atoms with van der Waals surface area (Å²) in [6.45, 7) is 0.943. The van der Waals surface area contributed by atoms with Crippen molar-refractivity contribution in [3.63, 3.8) is 0 Å². The maximum atomic E-state index is 13.3. The number of hydrogen-bond acceptors (Lipinski definition) is 3. The molecule has 1 saturated heterocycles. The zero-order chi connectivity index (χ0) is 18.5. The maximum absolute atomic E-state index is 13.3. The molecule has 0 aliphatic carbocycles. The maximum Gasteiger partial charge on any atom is 0.253 e. The zero-order valence-corrected chi connectivity index (χ0v) is 14.6. The lowest BCUT2D eigenvalue weighted by Crippen LogP contribution is -2.41. The molecule has 0 unspecified atom stereocenters. The smallest absolute Gasteiger partial charge is 0.253 e. The van der Waals surface area contributed by atoms with Crippen LogP contribution in [-0.4, -0.2) is 36.9 Å². The summed E-state index contributed by atoms with van der Waals surface area (Å²) in [4.78, 5) is 26.6. The molecule has 1 heterocycles. The Kier molecular flexibility index (Phi) is 5.51. The second-order valence-electron chi connectivity index (χ2n) is 6.27. The molecule has 0 aromatic heterocycles. The normalized spacial score (nSPS) is 14.8. The van der Waals surface area contributed by atoms with Gasteiger partial charge >= 0.3 is 0 Å². The summed E-state index contributed by atoms with van der Waals surface area (Å²) in [6, 6.07) is 12.9. The molecule has 0 atom stereocenters. The van der Waals surface area contributed by atoms with E-state index in [0.717, 1.165) is 0 Å². The average molecular weight is 356 g/mol. The van der Waals surface area contributed by atoms with Crippen LogP contribution in [0.1, 0.15) is 23.2 Å². The molecule has 6 heteroatoms. The molecule has 5 nitrogen and oxygen atoms in total. The van der Waals surface area contributed by atoms with E-state index < -0.39 is 5.82 Å². The molecule has 1 N–H and O–H groups in total. The number of halogens is 1. The molecule has 26 heavy (non-hydrogen) atoms. The lowest BCUT2D eigenvalue weighted by Gasteiger charge is -2.31. The van der Waals surface area contributed by atoms with E-state index in [-0.39, 0.29) is 17.7 Å². The minimum absolute atomic E-state index is 0.0765. The third-order valence-electron chi connectivity index (χ3n) is 4.59. The number of nitrogens with zero attached hydrogens (tertiary/aromatic N) is 1. The van der Waals surface area contributed by atoms with E-state index in [1.54, 1.807) is 30.2 Å². The van der Waals surface area contributed by atoms with Gasteiger partial charge in [0, 0.05) is 24.6 Å². The number of piperidine rings is 1. The van der Waals surface area contributed by atoms with Gasteiger partial charge in [0.1, 0.15) is 11.6 Å². The van der Waals surface area contributed by atoms with E-state index in [1.807, 2.05) is 12.1 Å².